The molecule has 0 saturated carbocycles. The van der Waals surface area contributed by atoms with E-state index in [1.807, 2.05) is 43.6 Å². The molecule has 0 spiro atoms. The molecule has 1 heterocycles. The molecular formula is C25H23N3O2. The summed E-state index contributed by atoms with van der Waals surface area (Å²) in [5.41, 5.74) is 5.03. The van der Waals surface area contributed by atoms with Gasteiger partial charge in [0.15, 0.2) is 5.78 Å². The molecule has 0 unspecified atom stereocenters. The van der Waals surface area contributed by atoms with Gasteiger partial charge in [0.2, 0.25) is 5.62 Å². The fraction of sp³-hybridized carbons (Fsp3) is 0.120. The van der Waals surface area contributed by atoms with Crippen LogP contribution in [0.5, 0.6) is 5.75 Å². The van der Waals surface area contributed by atoms with Gasteiger partial charge in [-0.15, -0.1) is 0 Å². The minimum absolute atomic E-state index is 0.0658. The van der Waals surface area contributed by atoms with Crippen LogP contribution in [0.1, 0.15) is 10.4 Å². The third kappa shape index (κ3) is 3.82. The van der Waals surface area contributed by atoms with E-state index >= 15 is 0 Å². The van der Waals surface area contributed by atoms with E-state index in [1.165, 1.54) is 0 Å². The summed E-state index contributed by atoms with van der Waals surface area (Å²) >= 11 is 0. The smallest absolute Gasteiger partial charge is 0.202 e. The van der Waals surface area contributed by atoms with Crippen LogP contribution in [0.15, 0.2) is 85.1 Å². The molecule has 3 aromatic carbocycles. The third-order valence-electron chi connectivity index (χ3n) is 5.22. The van der Waals surface area contributed by atoms with E-state index in [9.17, 15) is 4.79 Å². The third-order valence-corrected chi connectivity index (χ3v) is 5.22. The number of nitrogens with zero attached hydrogens (tertiary/aromatic N) is 2. The Labute approximate surface area is 175 Å². The molecule has 5 nitrogen and oxygen atoms in total. The molecule has 0 radical (unpaired) electrons. The summed E-state index contributed by atoms with van der Waals surface area (Å²) in [5, 5.41) is 8.43. The molecule has 0 amide bonds. The van der Waals surface area contributed by atoms with Crippen LogP contribution in [0, 0.1) is 5.41 Å². The molecule has 4 rings (SSSR count). The number of rotatable bonds is 6. The summed E-state index contributed by atoms with van der Waals surface area (Å²) in [7, 11) is 3.42. The maximum absolute atomic E-state index is 12.7. The quantitative estimate of drug-likeness (QED) is 0.486. The van der Waals surface area contributed by atoms with Crippen molar-refractivity contribution in [1.82, 2.24) is 9.13 Å². The van der Waals surface area contributed by atoms with Crippen LogP contribution in [0.4, 0.5) is 0 Å². The Bertz CT molecular complexity index is 1240. The van der Waals surface area contributed by atoms with Crippen molar-refractivity contribution in [2.24, 2.45) is 7.05 Å². The van der Waals surface area contributed by atoms with Crippen LogP contribution in [0.25, 0.3) is 22.4 Å². The van der Waals surface area contributed by atoms with Crippen molar-refractivity contribution in [2.75, 3.05) is 7.11 Å². The summed E-state index contributed by atoms with van der Waals surface area (Å²) in [4.78, 5) is 12.7. The molecular weight excluding hydrogens is 374 g/mol. The molecule has 0 bridgehead atoms. The lowest BCUT2D eigenvalue weighted by Crippen LogP contribution is -2.25. The second-order valence-electron chi connectivity index (χ2n) is 7.12. The normalized spacial score (nSPS) is 10.7. The Morgan fingerprint density at radius 1 is 0.900 bits per heavy atom. The van der Waals surface area contributed by atoms with E-state index in [0.29, 0.717) is 11.3 Å². The largest absolute Gasteiger partial charge is 0.497 e. The van der Waals surface area contributed by atoms with Crippen molar-refractivity contribution in [1.29, 1.82) is 5.41 Å². The molecule has 4 aromatic rings. The average Bonchev–Trinajstić information content (AvgIpc) is 3.08. The Hall–Kier alpha value is -3.86. The molecule has 30 heavy (non-hydrogen) atoms. The van der Waals surface area contributed by atoms with Gasteiger partial charge in [-0.2, -0.15) is 0 Å². The van der Waals surface area contributed by atoms with Crippen molar-refractivity contribution < 1.29 is 9.53 Å². The number of benzene rings is 3. The summed E-state index contributed by atoms with van der Waals surface area (Å²) in [6.45, 7) is 0.0991. The van der Waals surface area contributed by atoms with E-state index < -0.39 is 0 Å². The minimum atomic E-state index is -0.0658. The predicted octanol–water partition coefficient (Wildman–Crippen LogP) is 4.53. The van der Waals surface area contributed by atoms with Crippen LogP contribution < -0.4 is 10.4 Å². The number of hydrogen-bond donors (Lipinski definition) is 1. The number of ether oxygens (including phenoxy) is 1. The summed E-state index contributed by atoms with van der Waals surface area (Å²) < 4.78 is 8.66. The Kier molecular flexibility index (Phi) is 5.35. The Morgan fingerprint density at radius 2 is 1.57 bits per heavy atom. The molecule has 5 heteroatoms. The number of hydrogen-bond acceptors (Lipinski definition) is 3. The van der Waals surface area contributed by atoms with Crippen molar-refractivity contribution in [3.8, 4) is 28.1 Å². The SMILES string of the molecule is COc1cccc(C(=O)Cn2cc(-c3ccc(-c4ccccc4)cc3)n(C)c2=N)c1. The molecule has 150 valence electrons. The first-order chi connectivity index (χ1) is 14.6. The van der Waals surface area contributed by atoms with Gasteiger partial charge in [0.25, 0.3) is 0 Å². The highest BCUT2D eigenvalue weighted by atomic mass is 16.5. The van der Waals surface area contributed by atoms with E-state index in [2.05, 4.69) is 24.3 Å². The Morgan fingerprint density at radius 3 is 2.27 bits per heavy atom. The molecule has 1 aromatic heterocycles. The van der Waals surface area contributed by atoms with Crippen molar-refractivity contribution in [3.63, 3.8) is 0 Å². The molecule has 1 N–H and O–H groups in total. The van der Waals surface area contributed by atoms with Crippen LogP contribution in [0.2, 0.25) is 0 Å². The zero-order valence-corrected chi connectivity index (χ0v) is 17.0. The molecule has 0 aliphatic rings. The standard InChI is InChI=1S/C25H23N3O2/c1-27-23(20-13-11-19(12-14-20)18-7-4-3-5-8-18)16-28(25(27)26)17-24(29)21-9-6-10-22(15-21)30-2/h3-16,26H,17H2,1-2H3. The zero-order chi connectivity index (χ0) is 21.1. The zero-order valence-electron chi connectivity index (χ0n) is 17.0. The van der Waals surface area contributed by atoms with Gasteiger partial charge in [-0.05, 0) is 28.8 Å². The first-order valence-corrected chi connectivity index (χ1v) is 9.70. The van der Waals surface area contributed by atoms with Crippen molar-refractivity contribution in [2.45, 2.75) is 6.54 Å². The van der Waals surface area contributed by atoms with Gasteiger partial charge < -0.3 is 13.9 Å². The van der Waals surface area contributed by atoms with Gasteiger partial charge in [-0.1, -0.05) is 66.7 Å². The molecule has 0 atom stereocenters. The minimum Gasteiger partial charge on any atom is -0.497 e. The first kappa shape index (κ1) is 19.5. The number of aromatic nitrogens is 2. The fourth-order valence-electron chi connectivity index (χ4n) is 3.50. The lowest BCUT2D eigenvalue weighted by atomic mass is 10.0. The Balaban J connectivity index is 1.60. The van der Waals surface area contributed by atoms with Gasteiger partial charge in [-0.25, -0.2) is 0 Å². The topological polar surface area (TPSA) is 60.0 Å². The van der Waals surface area contributed by atoms with E-state index in [0.717, 1.165) is 22.4 Å². The van der Waals surface area contributed by atoms with Crippen LogP contribution in [-0.2, 0) is 13.6 Å². The molecule has 0 fully saturated rings. The van der Waals surface area contributed by atoms with Crippen molar-refractivity contribution in [3.05, 3.63) is 96.2 Å². The van der Waals surface area contributed by atoms with Crippen molar-refractivity contribution >= 4 is 5.78 Å². The lowest BCUT2D eigenvalue weighted by molar-refractivity contribution is 0.0970. The number of imidazole rings is 1. The number of ketones is 1. The van der Waals surface area contributed by atoms with E-state index in [4.69, 9.17) is 10.1 Å². The van der Waals surface area contributed by atoms with E-state index in [1.54, 1.807) is 40.5 Å². The van der Waals surface area contributed by atoms with Crippen LogP contribution in [-0.4, -0.2) is 22.0 Å². The average molecular weight is 397 g/mol. The number of nitrogens with one attached hydrogen (secondary N) is 1. The number of methoxy groups -OCH3 is 1. The molecule has 0 aliphatic carbocycles. The summed E-state index contributed by atoms with van der Waals surface area (Å²) in [6.07, 6.45) is 1.86. The number of carbonyl (C=O) groups excluding carboxylic acids is 1. The fourth-order valence-corrected chi connectivity index (χ4v) is 3.50. The second-order valence-corrected chi connectivity index (χ2v) is 7.12. The maximum atomic E-state index is 12.7. The first-order valence-electron chi connectivity index (χ1n) is 9.70. The van der Waals surface area contributed by atoms with Gasteiger partial charge in [-0.3, -0.25) is 10.2 Å². The summed E-state index contributed by atoms with van der Waals surface area (Å²) in [5.74, 6) is 0.577. The second kappa shape index (κ2) is 8.25. The molecule has 0 saturated heterocycles. The van der Waals surface area contributed by atoms with Crippen LogP contribution >= 0.6 is 0 Å². The summed E-state index contributed by atoms with van der Waals surface area (Å²) in [6, 6.07) is 25.5. The highest BCUT2D eigenvalue weighted by molar-refractivity contribution is 5.96. The van der Waals surface area contributed by atoms with Gasteiger partial charge in [0, 0.05) is 18.8 Å². The number of Topliss-reactive ketones (excluding diaryl/α,β-unsaturated/α-hetero) is 1. The molecule has 0 aliphatic heterocycles. The van der Waals surface area contributed by atoms with Gasteiger partial charge in [0.05, 0.1) is 19.3 Å². The number of carbonyl (C=O) groups is 1. The monoisotopic (exact) mass is 397 g/mol. The predicted molar refractivity (Wildman–Crippen MR) is 117 cm³/mol. The highest BCUT2D eigenvalue weighted by Crippen LogP contribution is 2.24. The van der Waals surface area contributed by atoms with Gasteiger partial charge in [0.1, 0.15) is 5.75 Å². The van der Waals surface area contributed by atoms with Crippen LogP contribution in [0.3, 0.4) is 0 Å². The van der Waals surface area contributed by atoms with E-state index in [-0.39, 0.29) is 17.9 Å². The lowest BCUT2D eigenvalue weighted by Gasteiger charge is -2.05. The maximum Gasteiger partial charge on any atom is 0.202 e. The van der Waals surface area contributed by atoms with Gasteiger partial charge >= 0.3 is 0 Å². The highest BCUT2D eigenvalue weighted by Gasteiger charge is 2.13.